The van der Waals surface area contributed by atoms with Crippen LogP contribution in [-0.4, -0.2) is 5.91 Å². The molecule has 2 unspecified atom stereocenters. The molecule has 0 saturated heterocycles. The van der Waals surface area contributed by atoms with Crippen molar-refractivity contribution in [3.63, 3.8) is 0 Å². The van der Waals surface area contributed by atoms with Crippen LogP contribution < -0.4 is 11.1 Å². The molecule has 0 spiro atoms. The molecule has 0 heterocycles. The van der Waals surface area contributed by atoms with Gasteiger partial charge in [0.1, 0.15) is 6.17 Å². The van der Waals surface area contributed by atoms with Gasteiger partial charge in [0.25, 0.3) is 0 Å². The van der Waals surface area contributed by atoms with E-state index in [9.17, 15) is 4.79 Å². The fourth-order valence-corrected chi connectivity index (χ4v) is 2.72. The van der Waals surface area contributed by atoms with Gasteiger partial charge in [-0.25, -0.2) is 0 Å². The summed E-state index contributed by atoms with van der Waals surface area (Å²) in [6.07, 6.45) is 2.54. The van der Waals surface area contributed by atoms with Crippen LogP contribution in [0.3, 0.4) is 0 Å². The van der Waals surface area contributed by atoms with Crippen LogP contribution in [0.2, 0.25) is 0 Å². The third-order valence-corrected chi connectivity index (χ3v) is 3.92. The van der Waals surface area contributed by atoms with E-state index in [-0.39, 0.29) is 5.91 Å². The molecule has 1 amide bonds. The number of hydrogen-bond acceptors (Lipinski definition) is 2. The van der Waals surface area contributed by atoms with Gasteiger partial charge in [0.15, 0.2) is 0 Å². The van der Waals surface area contributed by atoms with Crippen molar-refractivity contribution in [2.24, 2.45) is 11.7 Å². The van der Waals surface area contributed by atoms with Crippen molar-refractivity contribution in [1.29, 1.82) is 0 Å². The van der Waals surface area contributed by atoms with Crippen molar-refractivity contribution >= 4 is 5.91 Å². The van der Waals surface area contributed by atoms with Crippen molar-refractivity contribution in [2.75, 3.05) is 0 Å². The first-order valence-electron chi connectivity index (χ1n) is 7.00. The van der Waals surface area contributed by atoms with Crippen molar-refractivity contribution in [1.82, 2.24) is 5.32 Å². The molecule has 0 fully saturated rings. The molecule has 3 heteroatoms. The minimum Gasteiger partial charge on any atom is -0.333 e. The predicted octanol–water partition coefficient (Wildman–Crippen LogP) is 2.90. The average molecular weight is 258 g/mol. The van der Waals surface area contributed by atoms with E-state index in [0.717, 1.165) is 30.4 Å². The van der Waals surface area contributed by atoms with Gasteiger partial charge >= 0.3 is 0 Å². The van der Waals surface area contributed by atoms with E-state index in [1.165, 1.54) is 5.57 Å². The highest BCUT2D eigenvalue weighted by atomic mass is 16.1. The Morgan fingerprint density at radius 2 is 2.05 bits per heavy atom. The van der Waals surface area contributed by atoms with Crippen LogP contribution in [0.25, 0.3) is 0 Å². The number of hydrogen-bond donors (Lipinski definition) is 2. The monoisotopic (exact) mass is 258 g/mol. The third kappa shape index (κ3) is 2.87. The van der Waals surface area contributed by atoms with E-state index in [4.69, 9.17) is 5.73 Å². The predicted molar refractivity (Wildman–Crippen MR) is 77.2 cm³/mol. The first-order valence-corrected chi connectivity index (χ1v) is 7.00. The molecule has 1 aliphatic carbocycles. The van der Waals surface area contributed by atoms with Gasteiger partial charge in [-0.3, -0.25) is 4.79 Å². The van der Waals surface area contributed by atoms with Gasteiger partial charge in [-0.15, -0.1) is 0 Å². The summed E-state index contributed by atoms with van der Waals surface area (Å²) in [6, 6.07) is 9.64. The normalized spacial score (nSPS) is 19.8. The molecule has 0 aromatic heterocycles. The van der Waals surface area contributed by atoms with Crippen LogP contribution in [0.5, 0.6) is 0 Å². The quantitative estimate of drug-likeness (QED) is 0.798. The maximum atomic E-state index is 12.2. The zero-order valence-corrected chi connectivity index (χ0v) is 11.6. The summed E-state index contributed by atoms with van der Waals surface area (Å²) in [5.74, 6) is 0.594. The zero-order chi connectivity index (χ0) is 13.8. The standard InChI is InChI=1S/C16H22N2O/c1-3-11-10-14(13(11)4-2)16(19)18-15(17)12-8-6-5-7-9-12/h5-9,11,15H,3-4,10,17H2,1-2H3,(H,18,19). The molecule has 3 nitrogen and oxygen atoms in total. The van der Waals surface area contributed by atoms with Crippen molar-refractivity contribution in [3.05, 3.63) is 47.0 Å². The zero-order valence-electron chi connectivity index (χ0n) is 11.6. The highest BCUT2D eigenvalue weighted by molar-refractivity contribution is 5.96. The molecule has 102 valence electrons. The average Bonchev–Trinajstić information content (AvgIpc) is 2.39. The second-order valence-corrected chi connectivity index (χ2v) is 5.03. The van der Waals surface area contributed by atoms with Gasteiger partial charge in [0.2, 0.25) is 5.91 Å². The summed E-state index contributed by atoms with van der Waals surface area (Å²) >= 11 is 0. The Hall–Kier alpha value is -1.61. The molecule has 0 aliphatic heterocycles. The van der Waals surface area contributed by atoms with Crippen LogP contribution in [0.15, 0.2) is 41.5 Å². The van der Waals surface area contributed by atoms with Crippen LogP contribution in [0.1, 0.15) is 44.8 Å². The maximum Gasteiger partial charge on any atom is 0.248 e. The summed E-state index contributed by atoms with van der Waals surface area (Å²) in [6.45, 7) is 4.28. The molecule has 0 bridgehead atoms. The molecule has 2 rings (SSSR count). The first-order chi connectivity index (χ1) is 9.17. The van der Waals surface area contributed by atoms with Crippen molar-refractivity contribution < 1.29 is 4.79 Å². The molecule has 19 heavy (non-hydrogen) atoms. The Bertz CT molecular complexity index is 479. The second-order valence-electron chi connectivity index (χ2n) is 5.03. The Labute approximate surface area is 114 Å². The van der Waals surface area contributed by atoms with Crippen molar-refractivity contribution in [2.45, 2.75) is 39.3 Å². The summed E-state index contributed by atoms with van der Waals surface area (Å²) in [7, 11) is 0. The Morgan fingerprint density at radius 3 is 2.63 bits per heavy atom. The van der Waals surface area contributed by atoms with Crippen LogP contribution >= 0.6 is 0 Å². The fourth-order valence-electron chi connectivity index (χ4n) is 2.72. The number of benzene rings is 1. The van der Waals surface area contributed by atoms with E-state index in [2.05, 4.69) is 19.2 Å². The lowest BCUT2D eigenvalue weighted by atomic mass is 9.74. The molecule has 0 radical (unpaired) electrons. The van der Waals surface area contributed by atoms with Gasteiger partial charge in [-0.05, 0) is 30.7 Å². The minimum absolute atomic E-state index is 0.00194. The number of carbonyl (C=O) groups is 1. The highest BCUT2D eigenvalue weighted by Gasteiger charge is 2.31. The molecule has 1 aliphatic rings. The highest BCUT2D eigenvalue weighted by Crippen LogP contribution is 2.39. The largest absolute Gasteiger partial charge is 0.333 e. The SMILES string of the molecule is CCC1=C(C(=O)NC(N)c2ccccc2)CC1CC. The number of rotatable bonds is 5. The number of nitrogens with two attached hydrogens (primary N) is 1. The lowest BCUT2D eigenvalue weighted by molar-refractivity contribution is -0.118. The van der Waals surface area contributed by atoms with E-state index in [1.807, 2.05) is 30.3 Å². The molecular weight excluding hydrogens is 236 g/mol. The summed E-state index contributed by atoms with van der Waals surface area (Å²) < 4.78 is 0. The summed E-state index contributed by atoms with van der Waals surface area (Å²) in [4.78, 5) is 12.2. The maximum absolute atomic E-state index is 12.2. The van der Waals surface area contributed by atoms with Gasteiger partial charge in [0, 0.05) is 5.57 Å². The second kappa shape index (κ2) is 6.02. The minimum atomic E-state index is -0.431. The molecule has 0 saturated carbocycles. The van der Waals surface area contributed by atoms with E-state index in [1.54, 1.807) is 0 Å². The first kappa shape index (κ1) is 13.8. The molecule has 3 N–H and O–H groups in total. The van der Waals surface area contributed by atoms with E-state index < -0.39 is 6.17 Å². The molecule has 1 aromatic carbocycles. The van der Waals surface area contributed by atoms with Crippen molar-refractivity contribution in [3.8, 4) is 0 Å². The summed E-state index contributed by atoms with van der Waals surface area (Å²) in [5.41, 5.74) is 9.19. The smallest absolute Gasteiger partial charge is 0.248 e. The Kier molecular flexibility index (Phi) is 4.38. The number of nitrogens with one attached hydrogen (secondary N) is 1. The molecule has 2 atom stereocenters. The number of amides is 1. The molecule has 1 aromatic rings. The van der Waals surface area contributed by atoms with Gasteiger partial charge in [-0.1, -0.05) is 49.8 Å². The Balaban J connectivity index is 2.03. The number of allylic oxidation sites excluding steroid dienone is 1. The molecular formula is C16H22N2O. The van der Waals surface area contributed by atoms with Crippen LogP contribution in [0, 0.1) is 5.92 Å². The van der Waals surface area contributed by atoms with E-state index in [0.29, 0.717) is 5.92 Å². The fraction of sp³-hybridized carbons (Fsp3) is 0.438. The third-order valence-electron chi connectivity index (χ3n) is 3.92. The number of carbonyl (C=O) groups excluding carboxylic acids is 1. The van der Waals surface area contributed by atoms with E-state index >= 15 is 0 Å². The topological polar surface area (TPSA) is 55.1 Å². The van der Waals surface area contributed by atoms with Crippen LogP contribution in [-0.2, 0) is 4.79 Å². The lowest BCUT2D eigenvalue weighted by Crippen LogP contribution is -2.38. The summed E-state index contributed by atoms with van der Waals surface area (Å²) in [5, 5.41) is 2.89. The van der Waals surface area contributed by atoms with Gasteiger partial charge in [0.05, 0.1) is 0 Å². The lowest BCUT2D eigenvalue weighted by Gasteiger charge is -2.32. The van der Waals surface area contributed by atoms with Gasteiger partial charge < -0.3 is 11.1 Å². The van der Waals surface area contributed by atoms with Gasteiger partial charge in [-0.2, -0.15) is 0 Å². The van der Waals surface area contributed by atoms with Crippen LogP contribution in [0.4, 0.5) is 0 Å². The Morgan fingerprint density at radius 1 is 1.37 bits per heavy atom.